The fraction of sp³-hybridized carbons (Fsp3) is 0.194. The molecule has 4 aromatic carbocycles. The van der Waals surface area contributed by atoms with Gasteiger partial charge in [0.2, 0.25) is 0 Å². The molecule has 1 atom stereocenters. The summed E-state index contributed by atoms with van der Waals surface area (Å²) in [7, 11) is 1.37. The molecule has 0 aromatic heterocycles. The number of amides is 1. The van der Waals surface area contributed by atoms with E-state index >= 15 is 0 Å². The molecule has 0 saturated carbocycles. The van der Waals surface area contributed by atoms with Crippen molar-refractivity contribution < 1.29 is 58.2 Å². The summed E-state index contributed by atoms with van der Waals surface area (Å²) in [4.78, 5) is 13.6. The fourth-order valence-electron chi connectivity index (χ4n) is 4.56. The molecule has 4 aromatic rings. The van der Waals surface area contributed by atoms with Gasteiger partial charge in [0.25, 0.3) is 5.91 Å². The number of hydrogen-bond acceptors (Lipinski definition) is 3. The van der Waals surface area contributed by atoms with Crippen LogP contribution in [0.2, 0.25) is 0 Å². The molecule has 0 unspecified atom stereocenters. The lowest BCUT2D eigenvalue weighted by Gasteiger charge is -2.37. The molecule has 0 fully saturated rings. The lowest BCUT2D eigenvalue weighted by Crippen LogP contribution is -2.49. The van der Waals surface area contributed by atoms with Gasteiger partial charge in [-0.1, -0.05) is 24.3 Å². The third-order valence-electron chi connectivity index (χ3n) is 6.70. The number of hydrogen-bond donors (Lipinski definition) is 1. The Hall–Kier alpha value is -4.75. The first-order valence-corrected chi connectivity index (χ1v) is 12.8. The summed E-state index contributed by atoms with van der Waals surface area (Å²) in [6.07, 6.45) is -15.0. The smallest absolute Gasteiger partial charge is 0.461 e. The number of halogens is 10. The predicted molar refractivity (Wildman–Crippen MR) is 141 cm³/mol. The Bertz CT molecular complexity index is 1660. The number of benzene rings is 4. The van der Waals surface area contributed by atoms with Gasteiger partial charge in [-0.3, -0.25) is 4.79 Å². The van der Waals surface area contributed by atoms with E-state index in [-0.39, 0.29) is 11.6 Å². The van der Waals surface area contributed by atoms with Crippen molar-refractivity contribution in [3.05, 3.63) is 130 Å². The lowest BCUT2D eigenvalue weighted by molar-refractivity contribution is -0.253. The molecular weight excluding hydrogens is 624 g/mol. The van der Waals surface area contributed by atoms with Crippen LogP contribution in [-0.4, -0.2) is 25.6 Å². The Labute approximate surface area is 249 Å². The minimum atomic E-state index is -5.19. The molecule has 1 amide bonds. The first-order valence-electron chi connectivity index (χ1n) is 12.8. The third-order valence-corrected chi connectivity index (χ3v) is 6.70. The maximum absolute atomic E-state index is 15.0. The predicted octanol–water partition coefficient (Wildman–Crippen LogP) is 8.28. The Morgan fingerprint density at radius 3 is 1.98 bits per heavy atom. The minimum Gasteiger partial charge on any atom is -0.497 e. The molecule has 0 spiro atoms. The van der Waals surface area contributed by atoms with E-state index < -0.39 is 76.5 Å². The number of carbonyl (C=O) groups excluding carboxylic acids is 1. The van der Waals surface area contributed by atoms with Gasteiger partial charge in [-0.15, -0.1) is 0 Å². The van der Waals surface area contributed by atoms with E-state index in [1.54, 1.807) is 0 Å². The second-order valence-corrected chi connectivity index (χ2v) is 9.72. The van der Waals surface area contributed by atoms with Crippen molar-refractivity contribution in [2.45, 2.75) is 30.7 Å². The summed E-state index contributed by atoms with van der Waals surface area (Å²) < 4.78 is 146. The highest BCUT2D eigenvalue weighted by Gasteiger charge is 2.45. The molecule has 0 aliphatic carbocycles. The largest absolute Gasteiger partial charge is 0.497 e. The molecule has 4 nitrogen and oxygen atoms in total. The molecule has 238 valence electrons. The second kappa shape index (κ2) is 12.7. The van der Waals surface area contributed by atoms with Gasteiger partial charge in [-0.05, 0) is 71.3 Å². The van der Waals surface area contributed by atoms with Crippen LogP contribution in [-0.2, 0) is 18.1 Å². The van der Waals surface area contributed by atoms with Gasteiger partial charge in [0.05, 0.1) is 18.2 Å². The maximum Gasteiger partial charge on any atom is 0.461 e. The summed E-state index contributed by atoms with van der Waals surface area (Å²) in [6, 6.07) is 13.3. The lowest BCUT2D eigenvalue weighted by atomic mass is 9.77. The minimum absolute atomic E-state index is 0.0385. The van der Waals surface area contributed by atoms with Gasteiger partial charge >= 0.3 is 18.7 Å². The molecule has 0 radical (unpaired) electrons. The molecule has 0 aliphatic heterocycles. The van der Waals surface area contributed by atoms with Crippen molar-refractivity contribution in [3.63, 3.8) is 0 Å². The van der Waals surface area contributed by atoms with E-state index in [4.69, 9.17) is 4.74 Å². The van der Waals surface area contributed by atoms with Gasteiger partial charge < -0.3 is 14.8 Å². The summed E-state index contributed by atoms with van der Waals surface area (Å²) >= 11 is 0. The van der Waals surface area contributed by atoms with E-state index in [0.29, 0.717) is 23.4 Å². The number of methoxy groups -OCH3 is 1. The zero-order chi connectivity index (χ0) is 33.2. The van der Waals surface area contributed by atoms with Crippen molar-refractivity contribution >= 4 is 5.91 Å². The average molecular weight is 645 g/mol. The third kappa shape index (κ3) is 7.49. The van der Waals surface area contributed by atoms with Crippen LogP contribution in [0.25, 0.3) is 0 Å². The van der Waals surface area contributed by atoms with Crippen LogP contribution in [0.3, 0.4) is 0 Å². The van der Waals surface area contributed by atoms with E-state index in [1.807, 2.05) is 0 Å². The zero-order valence-corrected chi connectivity index (χ0v) is 22.9. The fourth-order valence-corrected chi connectivity index (χ4v) is 4.56. The van der Waals surface area contributed by atoms with Gasteiger partial charge in [-0.25, -0.2) is 13.2 Å². The topological polar surface area (TPSA) is 47.6 Å². The zero-order valence-electron chi connectivity index (χ0n) is 22.9. The molecule has 0 aliphatic rings. The number of nitrogens with one attached hydrogen (secondary N) is 1. The van der Waals surface area contributed by atoms with Crippen molar-refractivity contribution in [2.75, 3.05) is 7.11 Å². The van der Waals surface area contributed by atoms with Crippen LogP contribution in [0.1, 0.15) is 32.6 Å². The quantitative estimate of drug-likeness (QED) is 0.177. The first kappa shape index (κ1) is 33.1. The normalized spacial score (nSPS) is 13.3. The molecule has 4 rings (SSSR count). The van der Waals surface area contributed by atoms with Crippen LogP contribution in [0.15, 0.2) is 84.9 Å². The van der Waals surface area contributed by atoms with Gasteiger partial charge in [0, 0.05) is 18.1 Å². The van der Waals surface area contributed by atoms with Crippen molar-refractivity contribution in [1.29, 1.82) is 0 Å². The summed E-state index contributed by atoms with van der Waals surface area (Å²) in [5, 5.41) is 2.47. The SMILES string of the molecule is COc1ccc(C[C@@](NC(=O)c2ccc(F)c(C(F)(F)F)c2)(c2ccc(F)cc2)c2cc(F)cc(OC(F)(F)C(F)F)c2)cc1. The van der Waals surface area contributed by atoms with Gasteiger partial charge in [-0.2, -0.15) is 30.7 Å². The summed E-state index contributed by atoms with van der Waals surface area (Å²) in [5.74, 6) is -5.71. The molecule has 14 heteroatoms. The monoisotopic (exact) mass is 645 g/mol. The van der Waals surface area contributed by atoms with E-state index in [2.05, 4.69) is 10.1 Å². The number of ether oxygens (including phenoxy) is 2. The molecule has 0 bridgehead atoms. The van der Waals surface area contributed by atoms with Crippen molar-refractivity contribution in [1.82, 2.24) is 5.32 Å². The van der Waals surface area contributed by atoms with Crippen molar-refractivity contribution in [2.24, 2.45) is 0 Å². The Morgan fingerprint density at radius 1 is 0.756 bits per heavy atom. The van der Waals surface area contributed by atoms with Gasteiger partial charge in [0.15, 0.2) is 0 Å². The van der Waals surface area contributed by atoms with Crippen LogP contribution in [0.5, 0.6) is 11.5 Å². The van der Waals surface area contributed by atoms with Crippen LogP contribution >= 0.6 is 0 Å². The van der Waals surface area contributed by atoms with E-state index in [1.165, 1.54) is 31.4 Å². The Balaban J connectivity index is 1.96. The second-order valence-electron chi connectivity index (χ2n) is 9.72. The van der Waals surface area contributed by atoms with Gasteiger partial charge in [0.1, 0.15) is 29.0 Å². The summed E-state index contributed by atoms with van der Waals surface area (Å²) in [5.41, 5.74) is -4.69. The molecule has 0 saturated heterocycles. The number of carbonyl (C=O) groups is 1. The van der Waals surface area contributed by atoms with Crippen molar-refractivity contribution in [3.8, 4) is 11.5 Å². The Morgan fingerprint density at radius 2 is 1.40 bits per heavy atom. The average Bonchev–Trinajstić information content (AvgIpc) is 2.96. The first-order chi connectivity index (χ1) is 21.0. The number of alkyl halides is 7. The number of rotatable bonds is 10. The van der Waals surface area contributed by atoms with Crippen LogP contribution in [0.4, 0.5) is 43.9 Å². The van der Waals surface area contributed by atoms with Crippen LogP contribution < -0.4 is 14.8 Å². The molecular formula is C31H21F10NO3. The van der Waals surface area contributed by atoms with E-state index in [9.17, 15) is 48.7 Å². The highest BCUT2D eigenvalue weighted by atomic mass is 19.4. The maximum atomic E-state index is 15.0. The molecule has 1 N–H and O–H groups in total. The van der Waals surface area contributed by atoms with E-state index in [0.717, 1.165) is 42.5 Å². The van der Waals surface area contributed by atoms with Crippen LogP contribution in [0, 0.1) is 17.5 Å². The highest BCUT2D eigenvalue weighted by molar-refractivity contribution is 5.95. The standard InChI is InChI=1S/C31H21F10NO3/c1-44-23-9-2-17(3-10-23)16-29(19-5-7-21(32)8-6-19,20-13-22(33)15-24(14-20)45-31(40,41)28(35)36)42-27(43)18-4-11-26(34)25(12-18)30(37,38)39/h2-15,28H,16H2,1H3,(H,42,43)/t29-/m1/s1. The molecule has 0 heterocycles. The Kier molecular flexibility index (Phi) is 9.35. The summed E-state index contributed by atoms with van der Waals surface area (Å²) in [6.45, 7) is 0. The molecule has 45 heavy (non-hydrogen) atoms. The highest BCUT2D eigenvalue weighted by Crippen LogP contribution is 2.39.